The van der Waals surface area contributed by atoms with E-state index in [0.717, 1.165) is 50.0 Å². The second kappa shape index (κ2) is 15.2. The average molecular weight is 841 g/mol. The Hall–Kier alpha value is -4.15. The molecule has 5 heteroatoms. The smallest absolute Gasteiger partial charge is 0.121 e. The minimum atomic E-state index is -2.13. The van der Waals surface area contributed by atoms with Crippen molar-refractivity contribution in [2.24, 2.45) is 0 Å². The minimum absolute atomic E-state index is 0. The van der Waals surface area contributed by atoms with Gasteiger partial charge in [-0.2, -0.15) is 0 Å². The van der Waals surface area contributed by atoms with Crippen LogP contribution in [0.1, 0.15) is 61.7 Å². The SMILES string of the molecule is CC(C)c1ccnc(-c2[c-]ccc3c2oc2cccc(-c4ccccc4)c23)c1.[2H]C([2H])([2H])c1c[c-]c(-c2cc(C([2H])(C)C)c([Si](C)(C)C)cn2)cc1.[Ir]. The van der Waals surface area contributed by atoms with Gasteiger partial charge in [0.1, 0.15) is 5.58 Å². The molecule has 0 amide bonds. The van der Waals surface area contributed by atoms with Crippen LogP contribution < -0.4 is 5.19 Å². The van der Waals surface area contributed by atoms with Gasteiger partial charge in [0.25, 0.3) is 0 Å². The van der Waals surface area contributed by atoms with Crippen LogP contribution >= 0.6 is 0 Å². The Balaban J connectivity index is 0.000000203. The van der Waals surface area contributed by atoms with Crippen LogP contribution in [0.15, 0.2) is 114 Å². The largest absolute Gasteiger partial charge is 0.501 e. The Bertz CT molecular complexity index is 2340. The number of benzene rings is 4. The maximum absolute atomic E-state index is 8.48. The van der Waals surface area contributed by atoms with Crippen LogP contribution in [0, 0.1) is 19.0 Å². The van der Waals surface area contributed by atoms with Gasteiger partial charge in [-0.3, -0.25) is 0 Å². The third-order valence-electron chi connectivity index (χ3n) is 8.59. The molecule has 251 valence electrons. The molecule has 7 aromatic rings. The van der Waals surface area contributed by atoms with Crippen molar-refractivity contribution in [3.05, 3.63) is 138 Å². The van der Waals surface area contributed by atoms with E-state index in [4.69, 9.17) is 9.90 Å². The zero-order chi connectivity index (χ0) is 37.4. The van der Waals surface area contributed by atoms with Gasteiger partial charge in [-0.25, -0.2) is 0 Å². The normalized spacial score (nSPS) is 13.1. The molecular formula is C44H44IrN2OSi-2. The van der Waals surface area contributed by atoms with Crippen molar-refractivity contribution < 1.29 is 30.0 Å². The first-order chi connectivity index (χ1) is 24.5. The van der Waals surface area contributed by atoms with Crippen LogP contribution in [0.2, 0.25) is 19.6 Å². The van der Waals surface area contributed by atoms with Gasteiger partial charge in [0, 0.05) is 43.4 Å². The standard InChI is InChI=1S/C26H20NO.C18H24NSi.Ir/c1-17(2)19-14-15-27-23(16-19)21-11-6-12-22-25-20(18-8-4-3-5-9-18)10-7-13-24(25)28-26(21)22;1-13(2)16-11-17(15-9-7-14(3)8-10-15)19-12-18(16)20(4,5)6;/h3-10,12-17H,1-2H3;7-9,11-13H,1-6H3;/q2*-1;/i;3D3,13D;. The van der Waals surface area contributed by atoms with Crippen LogP contribution in [-0.4, -0.2) is 18.0 Å². The summed E-state index contributed by atoms with van der Waals surface area (Å²) in [5.74, 6) is -0.271. The first kappa shape index (κ1) is 30.9. The first-order valence-corrected chi connectivity index (χ1v) is 19.9. The van der Waals surface area contributed by atoms with Gasteiger partial charge in [0.15, 0.2) is 0 Å². The zero-order valence-electron chi connectivity index (χ0n) is 33.1. The molecule has 7 rings (SSSR count). The molecule has 4 aromatic carbocycles. The Morgan fingerprint density at radius 2 is 1.63 bits per heavy atom. The fourth-order valence-corrected chi connectivity index (χ4v) is 7.56. The van der Waals surface area contributed by atoms with Gasteiger partial charge in [-0.1, -0.05) is 131 Å². The molecule has 0 bridgehead atoms. The summed E-state index contributed by atoms with van der Waals surface area (Å²) in [4.78, 5) is 9.16. The summed E-state index contributed by atoms with van der Waals surface area (Å²) in [5, 5.41) is 3.42. The molecule has 0 aliphatic carbocycles. The average Bonchev–Trinajstić information content (AvgIpc) is 3.50. The molecule has 0 atom stereocenters. The van der Waals surface area contributed by atoms with E-state index in [1.165, 1.54) is 27.9 Å². The maximum Gasteiger partial charge on any atom is 0.121 e. The molecule has 0 N–H and O–H groups in total. The van der Waals surface area contributed by atoms with Gasteiger partial charge >= 0.3 is 0 Å². The molecule has 0 saturated heterocycles. The molecule has 0 saturated carbocycles. The van der Waals surface area contributed by atoms with E-state index in [1.807, 2.05) is 56.6 Å². The number of fused-ring (bicyclic) bond motifs is 3. The number of nitrogens with zero attached hydrogens (tertiary/aromatic N) is 2. The van der Waals surface area contributed by atoms with E-state index in [1.54, 1.807) is 12.1 Å². The van der Waals surface area contributed by atoms with Gasteiger partial charge in [-0.05, 0) is 51.6 Å². The second-order valence-corrected chi connectivity index (χ2v) is 18.8. The first-order valence-electron chi connectivity index (χ1n) is 18.4. The Morgan fingerprint density at radius 3 is 2.31 bits per heavy atom. The predicted molar refractivity (Wildman–Crippen MR) is 206 cm³/mol. The fraction of sp³-hybridized carbons (Fsp3) is 0.227. The van der Waals surface area contributed by atoms with E-state index in [0.29, 0.717) is 5.92 Å². The van der Waals surface area contributed by atoms with E-state index in [-0.39, 0.29) is 25.7 Å². The molecule has 0 unspecified atom stereocenters. The molecule has 0 fully saturated rings. The molecule has 0 aliphatic rings. The number of furan rings is 1. The maximum atomic E-state index is 8.48. The fourth-order valence-electron chi connectivity index (χ4n) is 5.98. The summed E-state index contributed by atoms with van der Waals surface area (Å²) in [6, 6.07) is 38.1. The molecule has 3 aromatic heterocycles. The summed E-state index contributed by atoms with van der Waals surface area (Å²) in [6.45, 7) is 12.8. The van der Waals surface area contributed by atoms with Gasteiger partial charge in [-0.15, -0.1) is 53.6 Å². The third-order valence-corrected chi connectivity index (χ3v) is 10.6. The monoisotopic (exact) mass is 841 g/mol. The van der Waals surface area contributed by atoms with E-state index < -0.39 is 20.8 Å². The van der Waals surface area contributed by atoms with Crippen LogP contribution in [0.4, 0.5) is 0 Å². The van der Waals surface area contributed by atoms with E-state index in [2.05, 4.69) is 104 Å². The number of rotatable bonds is 6. The van der Waals surface area contributed by atoms with Crippen molar-refractivity contribution in [1.29, 1.82) is 0 Å². The molecule has 1 radical (unpaired) electrons. The predicted octanol–water partition coefficient (Wildman–Crippen LogP) is 11.8. The second-order valence-electron chi connectivity index (χ2n) is 13.7. The quantitative estimate of drug-likeness (QED) is 0.124. The Labute approximate surface area is 311 Å². The number of hydrogen-bond acceptors (Lipinski definition) is 3. The number of pyridine rings is 2. The van der Waals surface area contributed by atoms with Crippen LogP contribution in [0.3, 0.4) is 0 Å². The number of aromatic nitrogens is 2. The molecule has 3 heterocycles. The van der Waals surface area contributed by atoms with E-state index in [9.17, 15) is 0 Å². The molecule has 0 aliphatic heterocycles. The summed E-state index contributed by atoms with van der Waals surface area (Å²) in [6.07, 6.45) is 3.76. The Morgan fingerprint density at radius 1 is 0.837 bits per heavy atom. The molecular weight excluding hydrogens is 793 g/mol. The van der Waals surface area contributed by atoms with E-state index >= 15 is 0 Å². The number of hydrogen-bond donors (Lipinski definition) is 0. The summed E-state index contributed by atoms with van der Waals surface area (Å²) < 4.78 is 37.1. The summed E-state index contributed by atoms with van der Waals surface area (Å²) >= 11 is 0. The Kier molecular flexibility index (Phi) is 9.56. The van der Waals surface area contributed by atoms with Crippen molar-refractivity contribution in [2.75, 3.05) is 0 Å². The van der Waals surface area contributed by atoms with Gasteiger partial charge in [0.05, 0.1) is 13.7 Å². The van der Waals surface area contributed by atoms with Crippen LogP contribution in [0.25, 0.3) is 55.6 Å². The van der Waals surface area contributed by atoms with Crippen LogP contribution in [0.5, 0.6) is 0 Å². The van der Waals surface area contributed by atoms with Gasteiger partial charge < -0.3 is 14.4 Å². The van der Waals surface area contributed by atoms with Crippen molar-refractivity contribution in [2.45, 2.75) is 66.0 Å². The summed E-state index contributed by atoms with van der Waals surface area (Å²) in [5.41, 5.74) is 9.89. The van der Waals surface area contributed by atoms with Crippen molar-refractivity contribution >= 4 is 35.2 Å². The summed E-state index contributed by atoms with van der Waals surface area (Å²) in [7, 11) is -1.61. The van der Waals surface area contributed by atoms with Crippen molar-refractivity contribution in [3.63, 3.8) is 0 Å². The number of aryl methyl sites for hydroxylation is 1. The van der Waals surface area contributed by atoms with Crippen LogP contribution in [-0.2, 0) is 20.1 Å². The minimum Gasteiger partial charge on any atom is -0.501 e. The molecule has 3 nitrogen and oxygen atoms in total. The molecule has 49 heavy (non-hydrogen) atoms. The molecule has 0 spiro atoms. The topological polar surface area (TPSA) is 38.9 Å². The van der Waals surface area contributed by atoms with Crippen molar-refractivity contribution in [1.82, 2.24) is 9.97 Å². The third kappa shape index (κ3) is 7.86. The van der Waals surface area contributed by atoms with Crippen molar-refractivity contribution in [3.8, 4) is 33.6 Å². The zero-order valence-corrected chi connectivity index (χ0v) is 32.5. The van der Waals surface area contributed by atoms with Gasteiger partial charge in [0.2, 0.25) is 0 Å².